The van der Waals surface area contributed by atoms with Crippen molar-refractivity contribution in [1.82, 2.24) is 4.90 Å². The molecule has 0 saturated carbocycles. The van der Waals surface area contributed by atoms with Crippen molar-refractivity contribution in [3.63, 3.8) is 0 Å². The quantitative estimate of drug-likeness (QED) is 0.754. The van der Waals surface area contributed by atoms with Gasteiger partial charge in [-0.05, 0) is 23.6 Å². The van der Waals surface area contributed by atoms with E-state index >= 15 is 0 Å². The lowest BCUT2D eigenvalue weighted by Gasteiger charge is -2.27. The van der Waals surface area contributed by atoms with E-state index in [2.05, 4.69) is 18.7 Å². The lowest BCUT2D eigenvalue weighted by atomic mass is 10.1. The first-order valence-corrected chi connectivity index (χ1v) is 7.17. The van der Waals surface area contributed by atoms with Crippen LogP contribution in [0.15, 0.2) is 24.3 Å². The van der Waals surface area contributed by atoms with E-state index < -0.39 is 0 Å². The van der Waals surface area contributed by atoms with Crippen LogP contribution in [0, 0.1) is 5.92 Å². The monoisotopic (exact) mass is 280 g/mol. The van der Waals surface area contributed by atoms with Crippen LogP contribution >= 0.6 is 0 Å². The first-order chi connectivity index (χ1) is 9.56. The van der Waals surface area contributed by atoms with Crippen molar-refractivity contribution in [2.75, 3.05) is 40.5 Å². The minimum absolute atomic E-state index is 0.0107. The molecule has 1 aromatic carbocycles. The van der Waals surface area contributed by atoms with Crippen molar-refractivity contribution < 1.29 is 9.47 Å². The summed E-state index contributed by atoms with van der Waals surface area (Å²) in [7, 11) is 3.40. The number of ether oxygens (including phenoxy) is 2. The number of rotatable bonds is 9. The maximum absolute atomic E-state index is 6.31. The van der Waals surface area contributed by atoms with Crippen LogP contribution in [0.4, 0.5) is 0 Å². The molecule has 2 N–H and O–H groups in total. The van der Waals surface area contributed by atoms with Crippen LogP contribution in [0.25, 0.3) is 0 Å². The third-order valence-corrected chi connectivity index (χ3v) is 3.23. The molecule has 20 heavy (non-hydrogen) atoms. The van der Waals surface area contributed by atoms with Gasteiger partial charge in [0, 0.05) is 32.8 Å². The summed E-state index contributed by atoms with van der Waals surface area (Å²) >= 11 is 0. The Morgan fingerprint density at radius 3 is 2.25 bits per heavy atom. The minimum atomic E-state index is 0.0107. The Morgan fingerprint density at radius 2 is 1.75 bits per heavy atom. The maximum atomic E-state index is 6.31. The number of nitrogens with zero attached hydrogens (tertiary/aromatic N) is 1. The molecule has 4 nitrogen and oxygen atoms in total. The van der Waals surface area contributed by atoms with Gasteiger partial charge < -0.3 is 15.2 Å². The zero-order chi connectivity index (χ0) is 15.0. The van der Waals surface area contributed by atoms with E-state index in [0.717, 1.165) is 37.6 Å². The van der Waals surface area contributed by atoms with Gasteiger partial charge in [-0.15, -0.1) is 0 Å². The Bertz CT molecular complexity index is 365. The van der Waals surface area contributed by atoms with E-state index in [1.807, 2.05) is 24.3 Å². The number of hydrogen-bond donors (Lipinski definition) is 1. The van der Waals surface area contributed by atoms with Crippen molar-refractivity contribution >= 4 is 0 Å². The molecular weight excluding hydrogens is 252 g/mol. The molecule has 4 heteroatoms. The largest absolute Gasteiger partial charge is 0.497 e. The summed E-state index contributed by atoms with van der Waals surface area (Å²) in [6.45, 7) is 7.97. The molecule has 0 aromatic heterocycles. The van der Waals surface area contributed by atoms with Crippen molar-refractivity contribution in [2.45, 2.75) is 19.9 Å². The predicted molar refractivity (Wildman–Crippen MR) is 83.1 cm³/mol. The molecule has 0 aliphatic heterocycles. The van der Waals surface area contributed by atoms with Gasteiger partial charge >= 0.3 is 0 Å². The van der Waals surface area contributed by atoms with Crippen molar-refractivity contribution in [1.29, 1.82) is 0 Å². The van der Waals surface area contributed by atoms with Gasteiger partial charge in [0.25, 0.3) is 0 Å². The summed E-state index contributed by atoms with van der Waals surface area (Å²) in [6, 6.07) is 7.99. The van der Waals surface area contributed by atoms with Crippen LogP contribution in [0.1, 0.15) is 25.5 Å². The van der Waals surface area contributed by atoms with Crippen LogP contribution in [-0.2, 0) is 4.74 Å². The van der Waals surface area contributed by atoms with Gasteiger partial charge in [0.1, 0.15) is 5.75 Å². The Balaban J connectivity index is 2.60. The summed E-state index contributed by atoms with van der Waals surface area (Å²) in [5.74, 6) is 1.48. The van der Waals surface area contributed by atoms with Crippen molar-refractivity contribution in [2.24, 2.45) is 11.7 Å². The molecule has 0 bridgehead atoms. The second-order valence-corrected chi connectivity index (χ2v) is 5.53. The van der Waals surface area contributed by atoms with Crippen LogP contribution in [0.5, 0.6) is 5.75 Å². The molecule has 0 amide bonds. The number of hydrogen-bond acceptors (Lipinski definition) is 4. The van der Waals surface area contributed by atoms with Crippen LogP contribution < -0.4 is 10.5 Å². The number of nitrogens with two attached hydrogens (primary N) is 1. The molecule has 1 rings (SSSR count). The molecule has 1 unspecified atom stereocenters. The molecule has 0 heterocycles. The second kappa shape index (κ2) is 8.95. The molecule has 1 atom stereocenters. The van der Waals surface area contributed by atoms with Crippen molar-refractivity contribution in [3.8, 4) is 5.75 Å². The fraction of sp³-hybridized carbons (Fsp3) is 0.625. The van der Waals surface area contributed by atoms with E-state index in [9.17, 15) is 0 Å². The standard InChI is InChI=1S/C16H28N2O2/c1-13(2)11-18(9-10-19-3)12-16(17)14-5-7-15(20-4)8-6-14/h5-8,13,16H,9-12,17H2,1-4H3. The van der Waals surface area contributed by atoms with Crippen LogP contribution in [-0.4, -0.2) is 45.4 Å². The lowest BCUT2D eigenvalue weighted by Crippen LogP contribution is -2.37. The third kappa shape index (κ3) is 5.90. The molecule has 0 spiro atoms. The van der Waals surface area contributed by atoms with Gasteiger partial charge in [0.15, 0.2) is 0 Å². The summed E-state index contributed by atoms with van der Waals surface area (Å²) in [6.07, 6.45) is 0. The highest BCUT2D eigenvalue weighted by Gasteiger charge is 2.13. The molecule has 0 aliphatic rings. The van der Waals surface area contributed by atoms with E-state index in [0.29, 0.717) is 5.92 Å². The SMILES string of the molecule is COCCN(CC(C)C)CC(N)c1ccc(OC)cc1. The highest BCUT2D eigenvalue weighted by Crippen LogP contribution is 2.17. The van der Waals surface area contributed by atoms with Crippen LogP contribution in [0.3, 0.4) is 0 Å². The normalized spacial score (nSPS) is 12.9. The molecule has 1 aromatic rings. The fourth-order valence-electron chi connectivity index (χ4n) is 2.23. The van der Waals surface area contributed by atoms with E-state index in [1.165, 1.54) is 0 Å². The predicted octanol–water partition coefficient (Wildman–Crippen LogP) is 2.30. The summed E-state index contributed by atoms with van der Waals surface area (Å²) in [4.78, 5) is 2.36. The van der Waals surface area contributed by atoms with Gasteiger partial charge in [-0.3, -0.25) is 4.90 Å². The molecule has 0 aliphatic carbocycles. The van der Waals surface area contributed by atoms with E-state index in [-0.39, 0.29) is 6.04 Å². The van der Waals surface area contributed by atoms with Crippen LogP contribution in [0.2, 0.25) is 0 Å². The Labute approximate surface area is 122 Å². The van der Waals surface area contributed by atoms with E-state index in [1.54, 1.807) is 14.2 Å². The Hall–Kier alpha value is -1.10. The van der Waals surface area contributed by atoms with Gasteiger partial charge in [0.2, 0.25) is 0 Å². The molecule has 0 radical (unpaired) electrons. The van der Waals surface area contributed by atoms with Gasteiger partial charge in [-0.1, -0.05) is 26.0 Å². The molecule has 0 saturated heterocycles. The average Bonchev–Trinajstić information content (AvgIpc) is 2.44. The second-order valence-electron chi connectivity index (χ2n) is 5.53. The van der Waals surface area contributed by atoms with Crippen molar-refractivity contribution in [3.05, 3.63) is 29.8 Å². The summed E-state index contributed by atoms with van der Waals surface area (Å²) in [5, 5.41) is 0. The molecular formula is C16H28N2O2. The highest BCUT2D eigenvalue weighted by molar-refractivity contribution is 5.29. The molecule has 0 fully saturated rings. The highest BCUT2D eigenvalue weighted by atomic mass is 16.5. The molecule has 114 valence electrons. The minimum Gasteiger partial charge on any atom is -0.497 e. The number of methoxy groups -OCH3 is 2. The van der Waals surface area contributed by atoms with Gasteiger partial charge in [-0.25, -0.2) is 0 Å². The lowest BCUT2D eigenvalue weighted by molar-refractivity contribution is 0.136. The fourth-order valence-corrected chi connectivity index (χ4v) is 2.23. The smallest absolute Gasteiger partial charge is 0.118 e. The first kappa shape index (κ1) is 17.0. The third-order valence-electron chi connectivity index (χ3n) is 3.23. The topological polar surface area (TPSA) is 47.7 Å². The van der Waals surface area contributed by atoms with Gasteiger partial charge in [0.05, 0.1) is 13.7 Å². The summed E-state index contributed by atoms with van der Waals surface area (Å²) in [5.41, 5.74) is 7.45. The van der Waals surface area contributed by atoms with E-state index in [4.69, 9.17) is 15.2 Å². The first-order valence-electron chi connectivity index (χ1n) is 7.17. The Kier molecular flexibility index (Phi) is 7.59. The zero-order valence-corrected chi connectivity index (χ0v) is 13.1. The number of benzene rings is 1. The average molecular weight is 280 g/mol. The summed E-state index contributed by atoms with van der Waals surface area (Å²) < 4.78 is 10.3. The maximum Gasteiger partial charge on any atom is 0.118 e. The zero-order valence-electron chi connectivity index (χ0n) is 13.1. The van der Waals surface area contributed by atoms with Gasteiger partial charge in [-0.2, -0.15) is 0 Å². The Morgan fingerprint density at radius 1 is 1.10 bits per heavy atom.